The number of hydrogen-bond acceptors (Lipinski definition) is 8. The number of nitrogens with one attached hydrogen (secondary N) is 1. The minimum Gasteiger partial charge on any atom is -0.369 e. The van der Waals surface area contributed by atoms with E-state index in [1.165, 1.54) is 4.68 Å². The van der Waals surface area contributed by atoms with Gasteiger partial charge in [0, 0.05) is 64.5 Å². The molecule has 2 amide bonds. The normalized spacial score (nSPS) is 21.9. The Balaban J connectivity index is 1.04. The van der Waals surface area contributed by atoms with Crippen LogP contribution in [0.2, 0.25) is 0 Å². The molecule has 4 heterocycles. The number of amides is 2. The molecule has 3 fully saturated rings. The van der Waals surface area contributed by atoms with E-state index < -0.39 is 22.7 Å². The Hall–Kier alpha value is -3.45. The number of imide groups is 1. The van der Waals surface area contributed by atoms with Crippen molar-refractivity contribution in [3.63, 3.8) is 0 Å². The standard InChI is InChI=1S/C26H33F2N7O4/c27-25(28)24-22(35(38)39)17-34(30-24)20-7-9-31(10-8-20)11-12-32-13-15-33(16-14-32)19-3-1-18(2-4-19)21-5-6-23(36)29-26(21)37/h1-4,17,20-21,25H,5-16H2,(H,29,36,37). The lowest BCUT2D eigenvalue weighted by atomic mass is 9.90. The van der Waals surface area contributed by atoms with E-state index in [4.69, 9.17) is 0 Å². The Kier molecular flexibility index (Phi) is 8.17. The van der Waals surface area contributed by atoms with Crippen LogP contribution in [0.1, 0.15) is 55.3 Å². The zero-order valence-electron chi connectivity index (χ0n) is 21.7. The second-order valence-electron chi connectivity index (χ2n) is 10.4. The summed E-state index contributed by atoms with van der Waals surface area (Å²) >= 11 is 0. The molecule has 1 aromatic heterocycles. The topological polar surface area (TPSA) is 117 Å². The number of anilines is 1. The summed E-state index contributed by atoms with van der Waals surface area (Å²) in [6, 6.07) is 7.97. The maximum Gasteiger partial charge on any atom is 0.316 e. The molecule has 3 aliphatic heterocycles. The first-order valence-electron chi connectivity index (χ1n) is 13.4. The molecule has 11 nitrogen and oxygen atoms in total. The van der Waals surface area contributed by atoms with Crippen molar-refractivity contribution in [3.8, 4) is 0 Å². The van der Waals surface area contributed by atoms with Crippen molar-refractivity contribution in [1.29, 1.82) is 0 Å². The molecule has 5 rings (SSSR count). The Labute approximate surface area is 224 Å². The highest BCUT2D eigenvalue weighted by molar-refractivity contribution is 6.00. The van der Waals surface area contributed by atoms with Crippen LogP contribution in [0.5, 0.6) is 0 Å². The van der Waals surface area contributed by atoms with Gasteiger partial charge in [-0.05, 0) is 37.0 Å². The molecule has 0 aliphatic carbocycles. The maximum atomic E-state index is 13.1. The Bertz CT molecular complexity index is 1190. The van der Waals surface area contributed by atoms with E-state index in [0.717, 1.165) is 69.8 Å². The number of nitro groups is 1. The highest BCUT2D eigenvalue weighted by atomic mass is 19.3. The van der Waals surface area contributed by atoms with Crippen molar-refractivity contribution in [3.05, 3.63) is 51.8 Å². The lowest BCUT2D eigenvalue weighted by Gasteiger charge is -2.38. The summed E-state index contributed by atoms with van der Waals surface area (Å²) in [6.45, 7) is 7.14. The fourth-order valence-corrected chi connectivity index (χ4v) is 5.73. The number of carbonyl (C=O) groups is 2. The number of piperidine rings is 2. The highest BCUT2D eigenvalue weighted by Gasteiger charge is 2.31. The van der Waals surface area contributed by atoms with Crippen molar-refractivity contribution >= 4 is 23.2 Å². The molecular weight excluding hydrogens is 512 g/mol. The van der Waals surface area contributed by atoms with E-state index in [1.54, 1.807) is 0 Å². The second kappa shape index (κ2) is 11.7. The largest absolute Gasteiger partial charge is 0.369 e. The van der Waals surface area contributed by atoms with Crippen molar-refractivity contribution in [1.82, 2.24) is 24.9 Å². The van der Waals surface area contributed by atoms with Gasteiger partial charge in [-0.25, -0.2) is 8.78 Å². The summed E-state index contributed by atoms with van der Waals surface area (Å²) in [5, 5.41) is 17.3. The van der Waals surface area contributed by atoms with Crippen LogP contribution in [0.15, 0.2) is 30.5 Å². The summed E-state index contributed by atoms with van der Waals surface area (Å²) in [7, 11) is 0. The van der Waals surface area contributed by atoms with Gasteiger partial charge in [0.05, 0.1) is 16.9 Å². The number of benzene rings is 1. The van der Waals surface area contributed by atoms with Crippen LogP contribution in [0.25, 0.3) is 0 Å². The number of halogens is 2. The fourth-order valence-electron chi connectivity index (χ4n) is 5.73. The monoisotopic (exact) mass is 545 g/mol. The number of rotatable bonds is 8. The molecule has 0 bridgehead atoms. The van der Waals surface area contributed by atoms with Gasteiger partial charge in [-0.3, -0.25) is 34.6 Å². The molecule has 0 radical (unpaired) electrons. The average Bonchev–Trinajstić information content (AvgIpc) is 3.39. The molecule has 3 saturated heterocycles. The van der Waals surface area contributed by atoms with Crippen LogP contribution in [0, 0.1) is 10.1 Å². The predicted molar refractivity (Wildman–Crippen MR) is 139 cm³/mol. The molecule has 1 atom stereocenters. The first kappa shape index (κ1) is 27.1. The van der Waals surface area contributed by atoms with Crippen LogP contribution in [0.4, 0.5) is 20.2 Å². The fraction of sp³-hybridized carbons (Fsp3) is 0.577. The molecule has 39 heavy (non-hydrogen) atoms. The molecule has 1 N–H and O–H groups in total. The van der Waals surface area contributed by atoms with E-state index in [0.29, 0.717) is 25.7 Å². The number of aromatic nitrogens is 2. The third kappa shape index (κ3) is 6.25. The second-order valence-corrected chi connectivity index (χ2v) is 10.4. The Morgan fingerprint density at radius 3 is 2.18 bits per heavy atom. The zero-order valence-corrected chi connectivity index (χ0v) is 21.7. The minimum absolute atomic E-state index is 0.114. The third-order valence-corrected chi connectivity index (χ3v) is 8.08. The van der Waals surface area contributed by atoms with Gasteiger partial charge in [-0.15, -0.1) is 0 Å². The highest BCUT2D eigenvalue weighted by Crippen LogP contribution is 2.31. The smallest absolute Gasteiger partial charge is 0.316 e. The molecule has 1 unspecified atom stereocenters. The first-order chi connectivity index (χ1) is 18.8. The van der Waals surface area contributed by atoms with Crippen molar-refractivity contribution in [2.75, 3.05) is 57.3 Å². The van der Waals surface area contributed by atoms with E-state index >= 15 is 0 Å². The number of hydrogen-bond donors (Lipinski definition) is 1. The van der Waals surface area contributed by atoms with E-state index in [1.807, 2.05) is 12.1 Å². The van der Waals surface area contributed by atoms with Gasteiger partial charge in [0.1, 0.15) is 6.20 Å². The van der Waals surface area contributed by atoms with Crippen LogP contribution in [0.3, 0.4) is 0 Å². The summed E-state index contributed by atoms with van der Waals surface area (Å²) in [6.07, 6.45) is 0.517. The lowest BCUT2D eigenvalue weighted by molar-refractivity contribution is -0.386. The SMILES string of the molecule is O=C1CCC(c2ccc(N3CCN(CCN4CCC(n5cc([N+](=O)[O-])c(C(F)F)n5)CC4)CC3)cc2)C(=O)N1. The van der Waals surface area contributed by atoms with E-state index in [2.05, 4.69) is 37.2 Å². The Morgan fingerprint density at radius 2 is 1.62 bits per heavy atom. The predicted octanol–water partition coefficient (Wildman–Crippen LogP) is 2.71. The van der Waals surface area contributed by atoms with Gasteiger partial charge < -0.3 is 9.80 Å². The molecule has 210 valence electrons. The summed E-state index contributed by atoms with van der Waals surface area (Å²) in [5.41, 5.74) is 0.691. The van der Waals surface area contributed by atoms with Crippen molar-refractivity contribution in [2.45, 2.75) is 44.1 Å². The molecule has 0 spiro atoms. The minimum atomic E-state index is -2.97. The van der Waals surface area contributed by atoms with Gasteiger partial charge in [0.15, 0.2) is 0 Å². The number of piperazine rings is 1. The molecule has 0 saturated carbocycles. The zero-order chi connectivity index (χ0) is 27.5. The number of likely N-dealkylation sites (tertiary alicyclic amines) is 1. The molecular formula is C26H33F2N7O4. The third-order valence-electron chi connectivity index (χ3n) is 8.08. The van der Waals surface area contributed by atoms with Crippen LogP contribution in [-0.2, 0) is 9.59 Å². The maximum absolute atomic E-state index is 13.1. The van der Waals surface area contributed by atoms with Crippen molar-refractivity contribution in [2.24, 2.45) is 0 Å². The van der Waals surface area contributed by atoms with Gasteiger partial charge >= 0.3 is 5.69 Å². The molecule has 1 aromatic carbocycles. The van der Waals surface area contributed by atoms with Gasteiger partial charge in [-0.2, -0.15) is 5.10 Å². The molecule has 3 aliphatic rings. The first-order valence-corrected chi connectivity index (χ1v) is 13.4. The van der Waals surface area contributed by atoms with E-state index in [-0.39, 0.29) is 23.8 Å². The molecule has 2 aromatic rings. The van der Waals surface area contributed by atoms with Gasteiger partial charge in [0.2, 0.25) is 17.5 Å². The van der Waals surface area contributed by atoms with Crippen molar-refractivity contribution < 1.29 is 23.3 Å². The van der Waals surface area contributed by atoms with Gasteiger partial charge in [-0.1, -0.05) is 12.1 Å². The lowest BCUT2D eigenvalue weighted by Crippen LogP contribution is -2.49. The summed E-state index contributed by atoms with van der Waals surface area (Å²) < 4.78 is 27.6. The number of nitrogens with zero attached hydrogens (tertiary/aromatic N) is 6. The van der Waals surface area contributed by atoms with Crippen LogP contribution in [-0.4, -0.2) is 88.7 Å². The number of alkyl halides is 2. The Morgan fingerprint density at radius 1 is 0.974 bits per heavy atom. The van der Waals surface area contributed by atoms with Crippen LogP contribution < -0.4 is 10.2 Å². The average molecular weight is 546 g/mol. The van der Waals surface area contributed by atoms with Gasteiger partial charge in [0.25, 0.3) is 6.43 Å². The summed E-state index contributed by atoms with van der Waals surface area (Å²) in [4.78, 5) is 41.0. The quantitative estimate of drug-likeness (QED) is 0.306. The van der Waals surface area contributed by atoms with E-state index in [9.17, 15) is 28.5 Å². The summed E-state index contributed by atoms with van der Waals surface area (Å²) in [5.74, 6) is -0.696. The number of carbonyl (C=O) groups excluding carboxylic acids is 2. The molecule has 13 heteroatoms. The van der Waals surface area contributed by atoms with Crippen LogP contribution >= 0.6 is 0 Å².